The summed E-state index contributed by atoms with van der Waals surface area (Å²) in [5, 5.41) is 1.84. The normalized spacial score (nSPS) is 10.7. The van der Waals surface area contributed by atoms with Crippen molar-refractivity contribution in [3.8, 4) is 10.8 Å². The highest BCUT2D eigenvalue weighted by Crippen LogP contribution is 2.35. The molecule has 0 saturated carbocycles. The van der Waals surface area contributed by atoms with Crippen LogP contribution in [0.25, 0.3) is 10.9 Å². The Morgan fingerprint density at radius 1 is 1.17 bits per heavy atom. The molecular weight excluding hydrogens is 244 g/mol. The Morgan fingerprint density at radius 2 is 2.00 bits per heavy atom. The van der Waals surface area contributed by atoms with Crippen molar-refractivity contribution in [2.45, 2.75) is 6.92 Å². The maximum absolute atomic E-state index is 5.92. The summed E-state index contributed by atoms with van der Waals surface area (Å²) in [5.74, 6) is 0.782. The van der Waals surface area contributed by atoms with Gasteiger partial charge in [-0.25, -0.2) is 0 Å². The smallest absolute Gasteiger partial charge is 0.207 e. The predicted molar refractivity (Wildman–Crippen MR) is 75.3 cm³/mol. The van der Waals surface area contributed by atoms with Crippen LogP contribution in [-0.4, -0.2) is 4.37 Å². The molecule has 0 atom stereocenters. The summed E-state index contributed by atoms with van der Waals surface area (Å²) in [6.07, 6.45) is 0. The summed E-state index contributed by atoms with van der Waals surface area (Å²) in [7, 11) is 0. The number of rotatable bonds is 2. The minimum atomic E-state index is 0.699. The molecule has 18 heavy (non-hydrogen) atoms. The number of hydrogen-bond donors (Lipinski definition) is 1. The van der Waals surface area contributed by atoms with E-state index in [1.165, 1.54) is 11.5 Å². The number of hydrogen-bond acceptors (Lipinski definition) is 4. The van der Waals surface area contributed by atoms with Gasteiger partial charge < -0.3 is 10.5 Å². The lowest BCUT2D eigenvalue weighted by molar-refractivity contribution is 0.498. The fourth-order valence-corrected chi connectivity index (χ4v) is 2.50. The molecule has 1 heterocycles. The Hall–Kier alpha value is -2.07. The van der Waals surface area contributed by atoms with E-state index in [2.05, 4.69) is 4.37 Å². The maximum Gasteiger partial charge on any atom is 0.207 e. The van der Waals surface area contributed by atoms with E-state index in [9.17, 15) is 0 Å². The number of fused-ring (bicyclic) bond motifs is 1. The van der Waals surface area contributed by atoms with E-state index in [1.807, 2.05) is 49.4 Å². The van der Waals surface area contributed by atoms with Crippen molar-refractivity contribution in [3.63, 3.8) is 0 Å². The fourth-order valence-electron chi connectivity index (χ4n) is 1.77. The molecule has 2 aromatic carbocycles. The Bertz CT molecular complexity index is 706. The van der Waals surface area contributed by atoms with Crippen molar-refractivity contribution in [1.29, 1.82) is 0 Å². The van der Waals surface area contributed by atoms with Crippen molar-refractivity contribution in [2.24, 2.45) is 0 Å². The van der Waals surface area contributed by atoms with Gasteiger partial charge in [0.2, 0.25) is 5.06 Å². The molecule has 0 bridgehead atoms. The van der Waals surface area contributed by atoms with Crippen molar-refractivity contribution < 1.29 is 4.74 Å². The number of anilines is 1. The second-order valence-electron chi connectivity index (χ2n) is 4.11. The summed E-state index contributed by atoms with van der Waals surface area (Å²) in [6, 6.07) is 13.6. The van der Waals surface area contributed by atoms with Gasteiger partial charge in [-0.3, -0.25) is 0 Å². The maximum atomic E-state index is 5.92. The Balaban J connectivity index is 2.04. The van der Waals surface area contributed by atoms with Crippen LogP contribution < -0.4 is 10.5 Å². The molecule has 2 N–H and O–H groups in total. The van der Waals surface area contributed by atoms with Crippen LogP contribution in [0.1, 0.15) is 5.56 Å². The summed E-state index contributed by atoms with van der Waals surface area (Å²) in [5.41, 5.74) is 8.49. The zero-order valence-electron chi connectivity index (χ0n) is 9.88. The van der Waals surface area contributed by atoms with E-state index in [0.29, 0.717) is 5.69 Å². The highest BCUT2D eigenvalue weighted by Gasteiger charge is 2.09. The second-order valence-corrected chi connectivity index (χ2v) is 4.85. The van der Waals surface area contributed by atoms with Gasteiger partial charge in [0, 0.05) is 23.3 Å². The van der Waals surface area contributed by atoms with Gasteiger partial charge >= 0.3 is 0 Å². The highest BCUT2D eigenvalue weighted by atomic mass is 32.1. The van der Waals surface area contributed by atoms with Crippen LogP contribution in [-0.2, 0) is 0 Å². The van der Waals surface area contributed by atoms with Crippen LogP contribution >= 0.6 is 11.5 Å². The molecule has 0 saturated heterocycles. The third-order valence-electron chi connectivity index (χ3n) is 2.77. The molecule has 3 nitrogen and oxygen atoms in total. The van der Waals surface area contributed by atoms with Crippen LogP contribution in [0.2, 0.25) is 0 Å². The summed E-state index contributed by atoms with van der Waals surface area (Å²) in [4.78, 5) is 0. The van der Waals surface area contributed by atoms with E-state index in [-0.39, 0.29) is 0 Å². The van der Waals surface area contributed by atoms with Crippen LogP contribution in [0.3, 0.4) is 0 Å². The van der Waals surface area contributed by atoms with E-state index in [4.69, 9.17) is 10.5 Å². The van der Waals surface area contributed by atoms with Gasteiger partial charge in [-0.2, -0.15) is 4.37 Å². The quantitative estimate of drug-likeness (QED) is 0.705. The molecule has 90 valence electrons. The lowest BCUT2D eigenvalue weighted by Gasteiger charge is -2.07. The first-order chi connectivity index (χ1) is 8.74. The summed E-state index contributed by atoms with van der Waals surface area (Å²) >= 11 is 1.36. The zero-order chi connectivity index (χ0) is 12.5. The van der Waals surface area contributed by atoms with Gasteiger partial charge in [-0.1, -0.05) is 18.2 Å². The van der Waals surface area contributed by atoms with Crippen LogP contribution in [0, 0.1) is 6.92 Å². The molecule has 0 aliphatic carbocycles. The summed E-state index contributed by atoms with van der Waals surface area (Å²) in [6.45, 7) is 2.00. The Kier molecular flexibility index (Phi) is 2.64. The van der Waals surface area contributed by atoms with Crippen LogP contribution in [0.4, 0.5) is 5.69 Å². The van der Waals surface area contributed by atoms with E-state index in [0.717, 1.165) is 27.3 Å². The van der Waals surface area contributed by atoms with Gasteiger partial charge in [0.1, 0.15) is 5.75 Å². The monoisotopic (exact) mass is 256 g/mol. The van der Waals surface area contributed by atoms with E-state index < -0.39 is 0 Å². The van der Waals surface area contributed by atoms with Crippen LogP contribution in [0.5, 0.6) is 10.8 Å². The van der Waals surface area contributed by atoms with Gasteiger partial charge in [-0.15, -0.1) is 0 Å². The number of nitrogens with zero attached hydrogens (tertiary/aromatic N) is 1. The standard InChI is InChI=1S/C14H12N2OS/c1-9-6-7-10(15)8-13(9)17-14-11-4-2-3-5-12(11)16-18-14/h2-8H,15H2,1H3. The lowest BCUT2D eigenvalue weighted by Crippen LogP contribution is -1.89. The first-order valence-corrected chi connectivity index (χ1v) is 6.40. The van der Waals surface area contributed by atoms with Gasteiger partial charge in [-0.05, 0) is 30.7 Å². The molecular formula is C14H12N2OS. The number of benzene rings is 2. The average Bonchev–Trinajstić information content (AvgIpc) is 2.78. The Labute approximate surface area is 109 Å². The fraction of sp³-hybridized carbons (Fsp3) is 0.0714. The molecule has 0 fully saturated rings. The molecule has 0 aliphatic heterocycles. The second kappa shape index (κ2) is 4.31. The molecule has 3 aromatic rings. The third-order valence-corrected chi connectivity index (χ3v) is 3.52. The number of ether oxygens (including phenoxy) is 1. The minimum absolute atomic E-state index is 0.699. The Morgan fingerprint density at radius 3 is 2.89 bits per heavy atom. The minimum Gasteiger partial charge on any atom is -0.444 e. The molecule has 0 radical (unpaired) electrons. The molecule has 0 unspecified atom stereocenters. The number of aromatic nitrogens is 1. The molecule has 0 amide bonds. The molecule has 0 spiro atoms. The van der Waals surface area contributed by atoms with E-state index >= 15 is 0 Å². The third kappa shape index (κ3) is 1.91. The largest absolute Gasteiger partial charge is 0.444 e. The lowest BCUT2D eigenvalue weighted by atomic mass is 10.2. The van der Waals surface area contributed by atoms with Crippen molar-refractivity contribution >= 4 is 28.1 Å². The highest BCUT2D eigenvalue weighted by molar-refractivity contribution is 7.09. The van der Waals surface area contributed by atoms with Gasteiger partial charge in [0.25, 0.3) is 0 Å². The van der Waals surface area contributed by atoms with E-state index in [1.54, 1.807) is 0 Å². The van der Waals surface area contributed by atoms with Crippen LogP contribution in [0.15, 0.2) is 42.5 Å². The number of nitrogens with two attached hydrogens (primary N) is 1. The summed E-state index contributed by atoms with van der Waals surface area (Å²) < 4.78 is 10.3. The molecule has 4 heteroatoms. The number of aryl methyl sites for hydroxylation is 1. The van der Waals surface area contributed by atoms with Gasteiger partial charge in [0.15, 0.2) is 0 Å². The van der Waals surface area contributed by atoms with Crippen molar-refractivity contribution in [3.05, 3.63) is 48.0 Å². The van der Waals surface area contributed by atoms with Crippen molar-refractivity contribution in [1.82, 2.24) is 4.37 Å². The van der Waals surface area contributed by atoms with Gasteiger partial charge in [0.05, 0.1) is 10.9 Å². The number of nitrogen functional groups attached to an aromatic ring is 1. The SMILES string of the molecule is Cc1ccc(N)cc1Oc1snc2ccccc12. The molecule has 3 rings (SSSR count). The molecule has 0 aliphatic rings. The topological polar surface area (TPSA) is 48.1 Å². The predicted octanol–water partition coefficient (Wildman–Crippen LogP) is 3.98. The zero-order valence-corrected chi connectivity index (χ0v) is 10.7. The first kappa shape index (κ1) is 11.0. The average molecular weight is 256 g/mol. The van der Waals surface area contributed by atoms with Crippen molar-refractivity contribution in [2.75, 3.05) is 5.73 Å². The first-order valence-electron chi connectivity index (χ1n) is 5.62. The molecule has 1 aromatic heterocycles.